The number of para-hydroxylation sites is 2. The molecule has 18 heavy (non-hydrogen) atoms. The van der Waals surface area contributed by atoms with Crippen molar-refractivity contribution in [3.8, 4) is 5.75 Å². The maximum absolute atomic E-state index is 11.5. The Morgan fingerprint density at radius 3 is 2.83 bits per heavy atom. The molecule has 0 heterocycles. The Hall–Kier alpha value is -1.71. The number of nitrogen functional groups attached to an aromatic ring is 1. The van der Waals surface area contributed by atoms with E-state index in [9.17, 15) is 4.79 Å². The van der Waals surface area contributed by atoms with Crippen LogP contribution in [0.1, 0.15) is 25.7 Å². The number of nitrogens with two attached hydrogens (primary N) is 1. The van der Waals surface area contributed by atoms with Gasteiger partial charge in [-0.1, -0.05) is 31.4 Å². The summed E-state index contributed by atoms with van der Waals surface area (Å²) in [6.45, 7) is 0.774. The molecule has 1 saturated carbocycles. The Kier molecular flexibility index (Phi) is 4.45. The topological polar surface area (TPSA) is 64.3 Å². The fraction of sp³-hybridized carbons (Fsp3) is 0.500. The van der Waals surface area contributed by atoms with Crippen molar-refractivity contribution in [3.05, 3.63) is 24.3 Å². The van der Waals surface area contributed by atoms with Gasteiger partial charge in [-0.15, -0.1) is 0 Å². The molecule has 0 atom stereocenters. The zero-order valence-electron chi connectivity index (χ0n) is 10.5. The Morgan fingerprint density at radius 1 is 1.39 bits per heavy atom. The number of carbonyl (C=O) groups excluding carboxylic acids is 1. The summed E-state index contributed by atoms with van der Waals surface area (Å²) in [6, 6.07) is 7.18. The van der Waals surface area contributed by atoms with Gasteiger partial charge in [0.1, 0.15) is 5.75 Å². The second-order valence-electron chi connectivity index (χ2n) is 4.76. The zero-order chi connectivity index (χ0) is 12.8. The smallest absolute Gasteiger partial charge is 0.257 e. The first-order valence-electron chi connectivity index (χ1n) is 6.49. The number of benzene rings is 1. The van der Waals surface area contributed by atoms with E-state index in [0.29, 0.717) is 11.4 Å². The van der Waals surface area contributed by atoms with Gasteiger partial charge in [-0.3, -0.25) is 4.79 Å². The van der Waals surface area contributed by atoms with Gasteiger partial charge in [0.25, 0.3) is 5.91 Å². The average molecular weight is 248 g/mol. The number of nitrogens with one attached hydrogen (secondary N) is 1. The summed E-state index contributed by atoms with van der Waals surface area (Å²) in [7, 11) is 0. The molecule has 0 aromatic heterocycles. The van der Waals surface area contributed by atoms with Crippen molar-refractivity contribution >= 4 is 11.6 Å². The van der Waals surface area contributed by atoms with Crippen LogP contribution in [0.4, 0.5) is 5.69 Å². The summed E-state index contributed by atoms with van der Waals surface area (Å²) in [4.78, 5) is 11.5. The molecule has 0 unspecified atom stereocenters. The quantitative estimate of drug-likeness (QED) is 0.756. The third-order valence-corrected chi connectivity index (χ3v) is 3.38. The van der Waals surface area contributed by atoms with Crippen molar-refractivity contribution in [2.75, 3.05) is 18.9 Å². The molecule has 3 N–H and O–H groups in total. The lowest BCUT2D eigenvalue weighted by Crippen LogP contribution is -2.31. The van der Waals surface area contributed by atoms with Gasteiger partial charge in [-0.05, 0) is 24.5 Å². The van der Waals surface area contributed by atoms with E-state index >= 15 is 0 Å². The number of amides is 1. The minimum atomic E-state index is -0.0856. The number of hydrogen-bond acceptors (Lipinski definition) is 3. The van der Waals surface area contributed by atoms with Crippen LogP contribution in [-0.2, 0) is 4.79 Å². The lowest BCUT2D eigenvalue weighted by atomic mass is 9.83. The van der Waals surface area contributed by atoms with Crippen LogP contribution < -0.4 is 15.8 Å². The van der Waals surface area contributed by atoms with Gasteiger partial charge >= 0.3 is 0 Å². The van der Waals surface area contributed by atoms with Crippen LogP contribution in [0.2, 0.25) is 0 Å². The van der Waals surface area contributed by atoms with E-state index < -0.39 is 0 Å². The highest BCUT2D eigenvalue weighted by atomic mass is 16.5. The molecule has 4 nitrogen and oxygen atoms in total. The minimum Gasteiger partial charge on any atom is -0.482 e. The van der Waals surface area contributed by atoms with Crippen molar-refractivity contribution in [1.29, 1.82) is 0 Å². The van der Waals surface area contributed by atoms with Crippen LogP contribution in [0.5, 0.6) is 5.75 Å². The largest absolute Gasteiger partial charge is 0.482 e. The zero-order valence-corrected chi connectivity index (χ0v) is 10.5. The van der Waals surface area contributed by atoms with Crippen molar-refractivity contribution in [2.24, 2.45) is 5.92 Å². The summed E-state index contributed by atoms with van der Waals surface area (Å²) in [5, 5.41) is 2.87. The third-order valence-electron chi connectivity index (χ3n) is 3.38. The standard InChI is InChI=1S/C14H20N2O2/c15-12-6-1-2-7-13(12)18-10-14(17)16-9-8-11-4-3-5-11/h1-2,6-7,11H,3-5,8-10,15H2,(H,16,17). The fourth-order valence-electron chi connectivity index (χ4n) is 2.00. The number of ether oxygens (including phenoxy) is 1. The van der Waals surface area contributed by atoms with E-state index in [0.717, 1.165) is 18.9 Å². The third kappa shape index (κ3) is 3.65. The van der Waals surface area contributed by atoms with Crippen LogP contribution in [-0.4, -0.2) is 19.1 Å². The summed E-state index contributed by atoms with van der Waals surface area (Å²) in [6.07, 6.45) is 5.05. The Morgan fingerprint density at radius 2 is 2.17 bits per heavy atom. The highest BCUT2D eigenvalue weighted by Crippen LogP contribution is 2.28. The van der Waals surface area contributed by atoms with Crippen LogP contribution in [0.25, 0.3) is 0 Å². The maximum Gasteiger partial charge on any atom is 0.257 e. The van der Waals surface area contributed by atoms with Gasteiger partial charge in [0.15, 0.2) is 6.61 Å². The van der Waals surface area contributed by atoms with Crippen LogP contribution >= 0.6 is 0 Å². The van der Waals surface area contributed by atoms with Gasteiger partial charge in [0.05, 0.1) is 5.69 Å². The van der Waals surface area contributed by atoms with Gasteiger partial charge in [-0.2, -0.15) is 0 Å². The molecule has 0 bridgehead atoms. The predicted molar refractivity (Wildman–Crippen MR) is 71.3 cm³/mol. The average Bonchev–Trinajstić information content (AvgIpc) is 2.31. The van der Waals surface area contributed by atoms with Crippen LogP contribution in [0.3, 0.4) is 0 Å². The van der Waals surface area contributed by atoms with Crippen molar-refractivity contribution in [3.63, 3.8) is 0 Å². The molecular weight excluding hydrogens is 228 g/mol. The van der Waals surface area contributed by atoms with Crippen LogP contribution in [0.15, 0.2) is 24.3 Å². The first kappa shape index (κ1) is 12.7. The SMILES string of the molecule is Nc1ccccc1OCC(=O)NCCC1CCC1. The van der Waals surface area contributed by atoms with Crippen molar-refractivity contribution < 1.29 is 9.53 Å². The van der Waals surface area contributed by atoms with Gasteiger partial charge < -0.3 is 15.8 Å². The van der Waals surface area contributed by atoms with E-state index in [1.165, 1.54) is 19.3 Å². The van der Waals surface area contributed by atoms with E-state index in [1.807, 2.05) is 12.1 Å². The van der Waals surface area contributed by atoms with Crippen molar-refractivity contribution in [2.45, 2.75) is 25.7 Å². The molecule has 1 fully saturated rings. The van der Waals surface area contributed by atoms with Gasteiger partial charge in [-0.25, -0.2) is 0 Å². The van der Waals surface area contributed by atoms with E-state index in [1.54, 1.807) is 12.1 Å². The van der Waals surface area contributed by atoms with E-state index in [-0.39, 0.29) is 12.5 Å². The molecule has 0 aliphatic heterocycles. The molecule has 0 radical (unpaired) electrons. The second-order valence-corrected chi connectivity index (χ2v) is 4.76. The molecule has 1 amide bonds. The molecule has 0 spiro atoms. The molecule has 1 aromatic rings. The minimum absolute atomic E-state index is 0.0267. The molecular formula is C14H20N2O2. The lowest BCUT2D eigenvalue weighted by molar-refractivity contribution is -0.123. The molecule has 2 rings (SSSR count). The Bertz CT molecular complexity index is 403. The van der Waals surface area contributed by atoms with E-state index in [4.69, 9.17) is 10.5 Å². The van der Waals surface area contributed by atoms with E-state index in [2.05, 4.69) is 5.32 Å². The number of carbonyl (C=O) groups is 1. The summed E-state index contributed by atoms with van der Waals surface area (Å²) >= 11 is 0. The number of anilines is 1. The molecule has 1 aromatic carbocycles. The molecule has 1 aliphatic rings. The maximum atomic E-state index is 11.5. The number of rotatable bonds is 6. The summed E-state index contributed by atoms with van der Waals surface area (Å²) < 4.78 is 5.36. The number of hydrogen-bond donors (Lipinski definition) is 2. The predicted octanol–water partition coefficient (Wildman–Crippen LogP) is 1.95. The van der Waals surface area contributed by atoms with Gasteiger partial charge in [0, 0.05) is 6.54 Å². The highest BCUT2D eigenvalue weighted by molar-refractivity contribution is 5.77. The monoisotopic (exact) mass is 248 g/mol. The highest BCUT2D eigenvalue weighted by Gasteiger charge is 2.16. The summed E-state index contributed by atoms with van der Waals surface area (Å²) in [5.41, 5.74) is 6.27. The first-order chi connectivity index (χ1) is 8.75. The molecule has 98 valence electrons. The normalized spacial score (nSPS) is 14.9. The Labute approximate surface area is 108 Å². The first-order valence-corrected chi connectivity index (χ1v) is 6.49. The molecule has 4 heteroatoms. The Balaban J connectivity index is 1.63. The molecule has 1 aliphatic carbocycles. The molecule has 0 saturated heterocycles. The lowest BCUT2D eigenvalue weighted by Gasteiger charge is -2.25. The van der Waals surface area contributed by atoms with Crippen LogP contribution in [0, 0.1) is 5.92 Å². The second kappa shape index (κ2) is 6.28. The van der Waals surface area contributed by atoms with Crippen molar-refractivity contribution in [1.82, 2.24) is 5.32 Å². The fourth-order valence-corrected chi connectivity index (χ4v) is 2.00. The van der Waals surface area contributed by atoms with Gasteiger partial charge in [0.2, 0.25) is 0 Å². The summed E-state index contributed by atoms with van der Waals surface area (Å²) in [5.74, 6) is 1.29.